The van der Waals surface area contributed by atoms with Crippen LogP contribution in [0.3, 0.4) is 0 Å². The molecule has 0 atom stereocenters. The fourth-order valence-electron chi connectivity index (χ4n) is 2.68. The van der Waals surface area contributed by atoms with E-state index in [1.807, 2.05) is 26.0 Å². The Bertz CT molecular complexity index is 1060. The van der Waals surface area contributed by atoms with Crippen LogP contribution in [0.4, 0.5) is 23.0 Å². The number of nitrogens with zero attached hydrogens (tertiary/aromatic N) is 2. The van der Waals surface area contributed by atoms with Gasteiger partial charge >= 0.3 is 0 Å². The molecule has 156 valence electrons. The van der Waals surface area contributed by atoms with Gasteiger partial charge in [0.25, 0.3) is 5.91 Å². The number of hydrazine groups is 1. The van der Waals surface area contributed by atoms with E-state index >= 15 is 0 Å². The van der Waals surface area contributed by atoms with Crippen molar-refractivity contribution in [3.8, 4) is 5.75 Å². The maximum absolute atomic E-state index is 12.1. The molecule has 2 aromatic carbocycles. The van der Waals surface area contributed by atoms with Crippen molar-refractivity contribution in [3.05, 3.63) is 63.9 Å². The van der Waals surface area contributed by atoms with E-state index in [0.717, 1.165) is 16.8 Å². The Labute approximate surface area is 183 Å². The third kappa shape index (κ3) is 5.65. The fourth-order valence-corrected chi connectivity index (χ4v) is 3.14. The Hall–Kier alpha value is -3.23. The van der Waals surface area contributed by atoms with Crippen molar-refractivity contribution >= 4 is 52.1 Å². The van der Waals surface area contributed by atoms with Crippen molar-refractivity contribution in [3.63, 3.8) is 0 Å². The highest BCUT2D eigenvalue weighted by atomic mass is 35.5. The standard InChI is InChI=1S/C20H20Cl2N6O2/c1-11-5-12(2)7-14(6-11)26-19-18(23)20(25-10-24-19)28-27-17(29)9-30-16-4-3-13(21)8-15(16)22/h3-8,10H,9,23H2,1-2H3,(H,27,29)(H2,24,25,26,28). The highest BCUT2D eigenvalue weighted by Gasteiger charge is 2.11. The summed E-state index contributed by atoms with van der Waals surface area (Å²) in [5, 5.41) is 3.95. The maximum atomic E-state index is 12.1. The van der Waals surface area contributed by atoms with Crippen molar-refractivity contribution in [2.45, 2.75) is 13.8 Å². The first-order valence-electron chi connectivity index (χ1n) is 8.90. The van der Waals surface area contributed by atoms with Crippen LogP contribution in [0.2, 0.25) is 10.0 Å². The molecule has 0 spiro atoms. The first-order valence-corrected chi connectivity index (χ1v) is 9.66. The van der Waals surface area contributed by atoms with Crippen molar-refractivity contribution in [1.82, 2.24) is 15.4 Å². The molecule has 1 aromatic heterocycles. The largest absolute Gasteiger partial charge is 0.482 e. The second kappa shape index (κ2) is 9.51. The van der Waals surface area contributed by atoms with E-state index < -0.39 is 5.91 Å². The van der Waals surface area contributed by atoms with Gasteiger partial charge in [0.1, 0.15) is 17.8 Å². The van der Waals surface area contributed by atoms with E-state index in [2.05, 4.69) is 32.2 Å². The molecule has 30 heavy (non-hydrogen) atoms. The third-order valence-electron chi connectivity index (χ3n) is 3.94. The number of nitrogens with one attached hydrogen (secondary N) is 3. The highest BCUT2D eigenvalue weighted by molar-refractivity contribution is 6.35. The minimum atomic E-state index is -0.456. The van der Waals surface area contributed by atoms with Crippen molar-refractivity contribution < 1.29 is 9.53 Å². The Kier molecular flexibility index (Phi) is 6.81. The minimum Gasteiger partial charge on any atom is -0.482 e. The van der Waals surface area contributed by atoms with Crippen molar-refractivity contribution in [2.75, 3.05) is 23.1 Å². The number of carbonyl (C=O) groups excluding carboxylic acids is 1. The van der Waals surface area contributed by atoms with Crippen molar-refractivity contribution in [1.29, 1.82) is 0 Å². The Balaban J connectivity index is 1.60. The van der Waals surface area contributed by atoms with Crippen LogP contribution in [-0.4, -0.2) is 22.5 Å². The SMILES string of the molecule is Cc1cc(C)cc(Nc2ncnc(NNC(=O)COc3ccc(Cl)cc3Cl)c2N)c1. The van der Waals surface area contributed by atoms with Crippen molar-refractivity contribution in [2.24, 2.45) is 0 Å². The summed E-state index contributed by atoms with van der Waals surface area (Å²) in [4.78, 5) is 20.3. The van der Waals surface area contributed by atoms with Gasteiger partial charge in [-0.1, -0.05) is 29.3 Å². The van der Waals surface area contributed by atoms with Crippen LogP contribution < -0.4 is 26.6 Å². The maximum Gasteiger partial charge on any atom is 0.276 e. The van der Waals surface area contributed by atoms with Gasteiger partial charge in [0.15, 0.2) is 18.2 Å². The molecule has 0 aliphatic heterocycles. The van der Waals surface area contributed by atoms with Gasteiger partial charge in [-0.25, -0.2) is 9.97 Å². The number of hydrogen-bond donors (Lipinski definition) is 4. The number of ether oxygens (including phenoxy) is 1. The molecule has 10 heteroatoms. The summed E-state index contributed by atoms with van der Waals surface area (Å²) in [5.41, 5.74) is 14.6. The molecule has 0 saturated heterocycles. The summed E-state index contributed by atoms with van der Waals surface area (Å²) in [5.74, 6) is 0.547. The van der Waals surface area contributed by atoms with Crippen LogP contribution in [0.25, 0.3) is 0 Å². The number of carbonyl (C=O) groups is 1. The normalized spacial score (nSPS) is 10.4. The average molecular weight is 447 g/mol. The summed E-state index contributed by atoms with van der Waals surface area (Å²) in [6.45, 7) is 3.74. The molecule has 5 N–H and O–H groups in total. The van der Waals surface area contributed by atoms with E-state index in [4.69, 9.17) is 33.7 Å². The monoisotopic (exact) mass is 446 g/mol. The molecule has 0 bridgehead atoms. The topological polar surface area (TPSA) is 114 Å². The van der Waals surface area contributed by atoms with E-state index in [1.165, 1.54) is 12.4 Å². The molecule has 1 amide bonds. The van der Waals surface area contributed by atoms with Gasteiger partial charge in [-0.05, 0) is 55.3 Å². The lowest BCUT2D eigenvalue weighted by Gasteiger charge is -2.14. The van der Waals surface area contributed by atoms with E-state index in [-0.39, 0.29) is 18.1 Å². The molecular weight excluding hydrogens is 427 g/mol. The summed E-state index contributed by atoms with van der Waals surface area (Å²) in [6.07, 6.45) is 1.33. The number of nitrogens with two attached hydrogens (primary N) is 1. The molecule has 8 nitrogen and oxygen atoms in total. The average Bonchev–Trinajstić information content (AvgIpc) is 2.67. The molecule has 0 aliphatic rings. The zero-order valence-corrected chi connectivity index (χ0v) is 17.8. The predicted molar refractivity (Wildman–Crippen MR) is 119 cm³/mol. The predicted octanol–water partition coefficient (Wildman–Crippen LogP) is 4.25. The van der Waals surface area contributed by atoms with Crippen LogP contribution in [0.15, 0.2) is 42.7 Å². The highest BCUT2D eigenvalue weighted by Crippen LogP contribution is 2.28. The van der Waals surface area contributed by atoms with Crippen LogP contribution in [-0.2, 0) is 4.79 Å². The third-order valence-corrected chi connectivity index (χ3v) is 4.47. The zero-order chi connectivity index (χ0) is 21.7. The Morgan fingerprint density at radius 2 is 1.77 bits per heavy atom. The van der Waals surface area contributed by atoms with Crippen LogP contribution in [0, 0.1) is 13.8 Å². The van der Waals surface area contributed by atoms with Crippen LogP contribution in [0.5, 0.6) is 5.75 Å². The number of halogens is 2. The fraction of sp³-hybridized carbons (Fsp3) is 0.150. The molecular formula is C20H20Cl2N6O2. The van der Waals surface area contributed by atoms with E-state index in [9.17, 15) is 4.79 Å². The molecule has 0 fully saturated rings. The Morgan fingerprint density at radius 3 is 2.47 bits per heavy atom. The van der Waals surface area contributed by atoms with Gasteiger partial charge in [-0.2, -0.15) is 0 Å². The number of aryl methyl sites for hydroxylation is 2. The number of anilines is 4. The number of hydrogen-bond acceptors (Lipinski definition) is 7. The molecule has 0 saturated carbocycles. The lowest BCUT2D eigenvalue weighted by atomic mass is 10.1. The molecule has 0 unspecified atom stereocenters. The number of rotatable bonds is 7. The number of benzene rings is 2. The van der Waals surface area contributed by atoms with E-state index in [1.54, 1.807) is 12.1 Å². The molecule has 3 aromatic rings. The summed E-state index contributed by atoms with van der Waals surface area (Å²) in [6, 6.07) is 10.7. The first-order chi connectivity index (χ1) is 14.3. The lowest BCUT2D eigenvalue weighted by Crippen LogP contribution is -2.34. The number of aromatic nitrogens is 2. The molecule has 0 aliphatic carbocycles. The van der Waals surface area contributed by atoms with Gasteiger partial charge in [0.2, 0.25) is 0 Å². The van der Waals surface area contributed by atoms with E-state index in [0.29, 0.717) is 21.6 Å². The van der Waals surface area contributed by atoms with Gasteiger partial charge < -0.3 is 15.8 Å². The summed E-state index contributed by atoms with van der Waals surface area (Å²) < 4.78 is 5.38. The van der Waals surface area contributed by atoms with Gasteiger partial charge in [0, 0.05) is 10.7 Å². The zero-order valence-electron chi connectivity index (χ0n) is 16.3. The lowest BCUT2D eigenvalue weighted by molar-refractivity contribution is -0.122. The second-order valence-electron chi connectivity index (χ2n) is 6.52. The summed E-state index contributed by atoms with van der Waals surface area (Å²) >= 11 is 11.8. The van der Waals surface area contributed by atoms with Gasteiger partial charge in [0.05, 0.1) is 5.02 Å². The van der Waals surface area contributed by atoms with Gasteiger partial charge in [-0.3, -0.25) is 15.6 Å². The second-order valence-corrected chi connectivity index (χ2v) is 7.37. The summed E-state index contributed by atoms with van der Waals surface area (Å²) in [7, 11) is 0. The molecule has 1 heterocycles. The molecule has 0 radical (unpaired) electrons. The van der Waals surface area contributed by atoms with Gasteiger partial charge in [-0.15, -0.1) is 0 Å². The van der Waals surface area contributed by atoms with Crippen LogP contribution >= 0.6 is 23.2 Å². The van der Waals surface area contributed by atoms with Crippen LogP contribution in [0.1, 0.15) is 11.1 Å². The number of amides is 1. The molecule has 3 rings (SSSR count). The Morgan fingerprint density at radius 1 is 1.07 bits per heavy atom. The number of nitrogen functional groups attached to an aromatic ring is 1. The minimum absolute atomic E-state index is 0.245. The first kappa shape index (κ1) is 21.5. The smallest absolute Gasteiger partial charge is 0.276 e. The quantitative estimate of drug-likeness (QED) is 0.401.